The zero-order valence-corrected chi connectivity index (χ0v) is 20.3. The van der Waals surface area contributed by atoms with Crippen molar-refractivity contribution in [3.8, 4) is 0 Å². The van der Waals surface area contributed by atoms with Gasteiger partial charge < -0.3 is 10.1 Å². The van der Waals surface area contributed by atoms with E-state index in [-0.39, 0.29) is 17.3 Å². The Bertz CT molecular complexity index is 705. The number of hydrogen-bond donors (Lipinski definition) is 1. The summed E-state index contributed by atoms with van der Waals surface area (Å²) in [6, 6.07) is 6.91. The van der Waals surface area contributed by atoms with Gasteiger partial charge in [-0.25, -0.2) is 4.79 Å². The van der Waals surface area contributed by atoms with E-state index >= 15 is 0 Å². The van der Waals surface area contributed by atoms with E-state index in [9.17, 15) is 9.59 Å². The summed E-state index contributed by atoms with van der Waals surface area (Å²) in [5.41, 5.74) is 0.292. The minimum Gasteiger partial charge on any atom is -0.444 e. The van der Waals surface area contributed by atoms with Crippen molar-refractivity contribution in [1.29, 1.82) is 0 Å². The molecule has 0 spiro atoms. The third kappa shape index (κ3) is 7.38. The molecule has 1 heterocycles. The van der Waals surface area contributed by atoms with Crippen molar-refractivity contribution in [3.05, 3.63) is 34.9 Å². The Morgan fingerprint density at radius 2 is 1.90 bits per heavy atom. The average Bonchev–Trinajstić information content (AvgIpc) is 3.10. The first-order valence-electron chi connectivity index (χ1n) is 10.8. The van der Waals surface area contributed by atoms with Crippen LogP contribution in [0.25, 0.3) is 0 Å². The van der Waals surface area contributed by atoms with Gasteiger partial charge in [-0.3, -0.25) is 9.69 Å². The van der Waals surface area contributed by atoms with Gasteiger partial charge in [-0.2, -0.15) is 0 Å². The van der Waals surface area contributed by atoms with Crippen LogP contribution in [0.5, 0.6) is 0 Å². The fourth-order valence-corrected chi connectivity index (χ4v) is 4.96. The highest BCUT2D eigenvalue weighted by Gasteiger charge is 2.44. The molecule has 1 fully saturated rings. The van der Waals surface area contributed by atoms with E-state index in [1.165, 1.54) is 19.3 Å². The maximum absolute atomic E-state index is 13.1. The number of carbonyl (C=O) groups excluding carboxylic acids is 2. The Labute approximate surface area is 190 Å². The van der Waals surface area contributed by atoms with Crippen LogP contribution in [0, 0.1) is 0 Å². The number of amides is 2. The minimum absolute atomic E-state index is 0.0782. The number of halogens is 1. The van der Waals surface area contributed by atoms with Crippen molar-refractivity contribution >= 4 is 35.4 Å². The summed E-state index contributed by atoms with van der Waals surface area (Å²) < 4.78 is 5.64. The van der Waals surface area contributed by atoms with Crippen molar-refractivity contribution in [1.82, 2.24) is 10.2 Å². The van der Waals surface area contributed by atoms with Crippen LogP contribution in [0.15, 0.2) is 24.3 Å². The molecular formula is C23H35ClN2O3S. The zero-order valence-electron chi connectivity index (χ0n) is 18.7. The molecule has 3 atom stereocenters. The lowest BCUT2D eigenvalue weighted by Gasteiger charge is -2.32. The van der Waals surface area contributed by atoms with Crippen molar-refractivity contribution in [2.45, 2.75) is 89.8 Å². The van der Waals surface area contributed by atoms with Gasteiger partial charge in [0.1, 0.15) is 17.0 Å². The van der Waals surface area contributed by atoms with Crippen LogP contribution in [0.2, 0.25) is 5.02 Å². The van der Waals surface area contributed by atoms with Crippen LogP contribution in [0.1, 0.15) is 77.7 Å². The van der Waals surface area contributed by atoms with E-state index in [0.29, 0.717) is 10.8 Å². The maximum atomic E-state index is 13.1. The second kappa shape index (κ2) is 11.3. The molecule has 0 aliphatic carbocycles. The normalized spacial score (nSPS) is 20.1. The van der Waals surface area contributed by atoms with Gasteiger partial charge in [0.25, 0.3) is 0 Å². The topological polar surface area (TPSA) is 58.6 Å². The summed E-state index contributed by atoms with van der Waals surface area (Å²) in [5.74, 6) is 0.411. The average molecular weight is 455 g/mol. The Morgan fingerprint density at radius 3 is 2.50 bits per heavy atom. The van der Waals surface area contributed by atoms with E-state index in [2.05, 4.69) is 12.2 Å². The van der Waals surface area contributed by atoms with Crippen molar-refractivity contribution in [2.75, 3.05) is 5.75 Å². The van der Waals surface area contributed by atoms with Crippen molar-refractivity contribution < 1.29 is 14.3 Å². The molecule has 0 radical (unpaired) electrons. The fraction of sp³-hybridized carbons (Fsp3) is 0.652. The third-order valence-electron chi connectivity index (χ3n) is 4.94. The Morgan fingerprint density at radius 1 is 1.23 bits per heavy atom. The zero-order chi connectivity index (χ0) is 22.3. The minimum atomic E-state index is -0.636. The van der Waals surface area contributed by atoms with Gasteiger partial charge in [0.15, 0.2) is 0 Å². The van der Waals surface area contributed by atoms with E-state index in [4.69, 9.17) is 16.3 Å². The Balaban J connectivity index is 2.13. The molecule has 2 amide bonds. The Kier molecular flexibility index (Phi) is 9.35. The number of hydrogen-bond acceptors (Lipinski definition) is 4. The van der Waals surface area contributed by atoms with Crippen LogP contribution in [-0.2, 0) is 9.53 Å². The largest absolute Gasteiger partial charge is 0.444 e. The molecule has 30 heavy (non-hydrogen) atoms. The molecule has 5 nitrogen and oxygen atoms in total. The molecule has 1 N–H and O–H groups in total. The van der Waals surface area contributed by atoms with Crippen LogP contribution in [0.4, 0.5) is 4.79 Å². The monoisotopic (exact) mass is 454 g/mol. The summed E-state index contributed by atoms with van der Waals surface area (Å²) in [5, 5.41) is 3.46. The quantitative estimate of drug-likeness (QED) is 0.477. The number of nitrogens with one attached hydrogen (secondary N) is 1. The summed E-state index contributed by atoms with van der Waals surface area (Å²) in [6.07, 6.45) is 5.16. The third-order valence-corrected chi connectivity index (χ3v) is 6.52. The number of thioether (sulfide) groups is 1. The molecule has 1 aromatic carbocycles. The predicted octanol–water partition coefficient (Wildman–Crippen LogP) is 6.17. The number of unbranched alkanes of at least 4 members (excludes halogenated alkanes) is 3. The molecular weight excluding hydrogens is 420 g/mol. The lowest BCUT2D eigenvalue weighted by molar-refractivity contribution is -0.126. The fourth-order valence-electron chi connectivity index (χ4n) is 3.42. The number of ether oxygens (including phenoxy) is 1. The molecule has 168 valence electrons. The lowest BCUT2D eigenvalue weighted by Crippen LogP contribution is -2.51. The van der Waals surface area contributed by atoms with Crippen LogP contribution >= 0.6 is 23.4 Å². The molecule has 1 aromatic rings. The van der Waals surface area contributed by atoms with Crippen LogP contribution in [-0.4, -0.2) is 40.3 Å². The highest BCUT2D eigenvalue weighted by Crippen LogP contribution is 2.42. The molecule has 1 saturated heterocycles. The molecule has 1 aliphatic rings. The molecule has 2 rings (SSSR count). The predicted molar refractivity (Wildman–Crippen MR) is 125 cm³/mol. The van der Waals surface area contributed by atoms with Gasteiger partial charge in [0.2, 0.25) is 5.91 Å². The van der Waals surface area contributed by atoms with E-state index in [1.807, 2.05) is 39.8 Å². The van der Waals surface area contributed by atoms with E-state index < -0.39 is 17.7 Å². The number of carbonyl (C=O) groups is 2. The first-order chi connectivity index (χ1) is 14.1. The maximum Gasteiger partial charge on any atom is 0.412 e. The molecule has 0 aromatic heterocycles. The van der Waals surface area contributed by atoms with Gasteiger partial charge in [0.05, 0.1) is 0 Å². The summed E-state index contributed by atoms with van der Waals surface area (Å²) in [7, 11) is 0. The number of benzene rings is 1. The van der Waals surface area contributed by atoms with Gasteiger partial charge in [-0.05, 0) is 51.8 Å². The summed E-state index contributed by atoms with van der Waals surface area (Å²) >= 11 is 7.60. The standard InChI is InChI=1S/C23H35ClN2O3S/c1-6-7-8-9-10-16(2)25-20(27)19-15-30-21(17-11-13-18(24)14-12-17)26(19)22(28)29-23(3,4)5/h11-14,16,19,21H,6-10,15H2,1-5H3,(H,25,27)/t16-,19+,21-/m0/s1. The van der Waals surface area contributed by atoms with Gasteiger partial charge in [0, 0.05) is 16.8 Å². The molecule has 0 saturated carbocycles. The number of nitrogens with zero attached hydrogens (tertiary/aromatic N) is 1. The van der Waals surface area contributed by atoms with Gasteiger partial charge >= 0.3 is 6.09 Å². The first-order valence-corrected chi connectivity index (χ1v) is 12.2. The Hall–Kier alpha value is -1.40. The molecule has 0 unspecified atom stereocenters. The first kappa shape index (κ1) is 24.9. The van der Waals surface area contributed by atoms with Gasteiger partial charge in [-0.15, -0.1) is 11.8 Å². The molecule has 7 heteroatoms. The SMILES string of the molecule is CCCCCC[C@H](C)NC(=O)[C@H]1CS[C@@H](c2ccc(Cl)cc2)N1C(=O)OC(C)(C)C. The second-order valence-corrected chi connectivity index (χ2v) is 10.4. The number of rotatable bonds is 8. The lowest BCUT2D eigenvalue weighted by atomic mass is 10.1. The summed E-state index contributed by atoms with van der Waals surface area (Å²) in [6.45, 7) is 9.71. The second-order valence-electron chi connectivity index (χ2n) is 8.90. The highest BCUT2D eigenvalue weighted by atomic mass is 35.5. The van der Waals surface area contributed by atoms with Crippen LogP contribution in [0.3, 0.4) is 0 Å². The van der Waals surface area contributed by atoms with E-state index in [0.717, 1.165) is 18.4 Å². The smallest absolute Gasteiger partial charge is 0.412 e. The summed E-state index contributed by atoms with van der Waals surface area (Å²) in [4.78, 5) is 27.7. The van der Waals surface area contributed by atoms with Crippen molar-refractivity contribution in [3.63, 3.8) is 0 Å². The molecule has 0 bridgehead atoms. The van der Waals surface area contributed by atoms with Crippen molar-refractivity contribution in [2.24, 2.45) is 0 Å². The van der Waals surface area contributed by atoms with E-state index in [1.54, 1.807) is 28.8 Å². The van der Waals surface area contributed by atoms with Gasteiger partial charge in [-0.1, -0.05) is 56.3 Å². The molecule has 1 aliphatic heterocycles. The highest BCUT2D eigenvalue weighted by molar-refractivity contribution is 7.99. The van der Waals surface area contributed by atoms with Crippen LogP contribution < -0.4 is 5.32 Å².